The van der Waals surface area contributed by atoms with E-state index in [1.807, 2.05) is 58.0 Å². The predicted molar refractivity (Wildman–Crippen MR) is 209 cm³/mol. The summed E-state index contributed by atoms with van der Waals surface area (Å²) in [7, 11) is 4.75. The van der Waals surface area contributed by atoms with Crippen LogP contribution in [0.4, 0.5) is 0 Å². The zero-order chi connectivity index (χ0) is 41.1. The Morgan fingerprint density at radius 3 is 2.07 bits per heavy atom. The summed E-state index contributed by atoms with van der Waals surface area (Å²) in [5, 5.41) is 5.75. The van der Waals surface area contributed by atoms with Crippen molar-refractivity contribution in [2.45, 2.75) is 149 Å². The summed E-state index contributed by atoms with van der Waals surface area (Å²) in [5.74, 6) is -2.82. The maximum absolute atomic E-state index is 14.2. The summed E-state index contributed by atoms with van der Waals surface area (Å²) in [6, 6.07) is 6.77. The molecule has 0 aliphatic carbocycles. The topological polar surface area (TPSA) is 170 Å². The van der Waals surface area contributed by atoms with Crippen LogP contribution in [0.15, 0.2) is 30.3 Å². The molecular formula is C41H69N5O8. The number of methoxy groups -OCH3 is 2. The minimum absolute atomic E-state index is 0.0109. The number of benzene rings is 1. The molecule has 1 heterocycles. The lowest BCUT2D eigenvalue weighted by Crippen LogP contribution is -2.60. The van der Waals surface area contributed by atoms with Gasteiger partial charge in [0.2, 0.25) is 23.6 Å². The molecule has 0 saturated carbocycles. The Kier molecular flexibility index (Phi) is 17.6. The summed E-state index contributed by atoms with van der Waals surface area (Å²) in [6.07, 6.45) is 0.975. The molecule has 2 rings (SSSR count). The van der Waals surface area contributed by atoms with Crippen LogP contribution in [0.25, 0.3) is 0 Å². The molecule has 1 saturated heterocycles. The van der Waals surface area contributed by atoms with Crippen LogP contribution >= 0.6 is 0 Å². The van der Waals surface area contributed by atoms with Crippen molar-refractivity contribution in [2.24, 2.45) is 23.5 Å². The maximum Gasteiger partial charge on any atom is 0.329 e. The molecule has 13 nitrogen and oxygen atoms in total. The molecule has 1 fully saturated rings. The van der Waals surface area contributed by atoms with Gasteiger partial charge in [0, 0.05) is 34.2 Å². The van der Waals surface area contributed by atoms with Crippen molar-refractivity contribution in [1.82, 2.24) is 20.4 Å². The standard InChI is InChI=1S/C41H69N5O8/c1-14-26(4)34(45(11)37(49)33(25(2)3)44-39(51)41(9,10)42)31(52-12)24-32(47)46-22-18-21-30(46)35(53-13)27(5)36(48)43-29(38(50)54-40(6,7)8)23-28-19-16-15-17-20-28/h15-17,19-20,25-27,29-31,33-35H,14,18,21-24,42H2,1-13H3,(H,43,48)(H,44,51). The van der Waals surface area contributed by atoms with Crippen LogP contribution in [0, 0.1) is 17.8 Å². The van der Waals surface area contributed by atoms with E-state index in [1.165, 1.54) is 14.2 Å². The average Bonchev–Trinajstić information content (AvgIpc) is 3.58. The summed E-state index contributed by atoms with van der Waals surface area (Å²) >= 11 is 0. The number of hydrogen-bond donors (Lipinski definition) is 3. The highest BCUT2D eigenvalue weighted by molar-refractivity contribution is 5.92. The lowest BCUT2D eigenvalue weighted by Gasteiger charge is -2.41. The third-order valence-corrected chi connectivity index (χ3v) is 10.4. The van der Waals surface area contributed by atoms with Gasteiger partial charge in [0.15, 0.2) is 0 Å². The van der Waals surface area contributed by atoms with Gasteiger partial charge in [-0.1, -0.05) is 71.4 Å². The van der Waals surface area contributed by atoms with Gasteiger partial charge in [-0.3, -0.25) is 19.2 Å². The lowest BCUT2D eigenvalue weighted by molar-refractivity contribution is -0.159. The lowest BCUT2D eigenvalue weighted by atomic mass is 9.89. The van der Waals surface area contributed by atoms with Crippen molar-refractivity contribution in [3.63, 3.8) is 0 Å². The van der Waals surface area contributed by atoms with Crippen LogP contribution in [-0.4, -0.2) is 115 Å². The molecule has 1 aromatic rings. The van der Waals surface area contributed by atoms with Gasteiger partial charge >= 0.3 is 5.97 Å². The molecule has 0 bridgehead atoms. The highest BCUT2D eigenvalue weighted by atomic mass is 16.6. The Morgan fingerprint density at radius 1 is 0.963 bits per heavy atom. The summed E-state index contributed by atoms with van der Waals surface area (Å²) < 4.78 is 17.6. The fourth-order valence-electron chi connectivity index (χ4n) is 7.09. The molecule has 54 heavy (non-hydrogen) atoms. The Hall–Kier alpha value is -3.55. The van der Waals surface area contributed by atoms with E-state index in [-0.39, 0.29) is 42.4 Å². The van der Waals surface area contributed by atoms with E-state index in [2.05, 4.69) is 10.6 Å². The molecule has 0 aromatic heterocycles. The number of nitrogens with one attached hydrogen (secondary N) is 2. The van der Waals surface area contributed by atoms with Crippen LogP contribution in [-0.2, 0) is 44.6 Å². The van der Waals surface area contributed by atoms with Gasteiger partial charge in [-0.25, -0.2) is 4.79 Å². The molecule has 0 radical (unpaired) electrons. The largest absolute Gasteiger partial charge is 0.458 e. The average molecular weight is 760 g/mol. The van der Waals surface area contributed by atoms with Gasteiger partial charge in [-0.2, -0.15) is 0 Å². The summed E-state index contributed by atoms with van der Waals surface area (Å²) in [4.78, 5) is 71.5. The zero-order valence-electron chi connectivity index (χ0n) is 35.1. The van der Waals surface area contributed by atoms with Gasteiger partial charge in [-0.15, -0.1) is 0 Å². The van der Waals surface area contributed by atoms with Gasteiger partial charge in [0.25, 0.3) is 0 Å². The third kappa shape index (κ3) is 13.0. The number of nitrogens with two attached hydrogens (primary N) is 1. The van der Waals surface area contributed by atoms with Crippen LogP contribution in [0.1, 0.15) is 100 Å². The second-order valence-corrected chi connectivity index (χ2v) is 16.8. The van der Waals surface area contributed by atoms with E-state index >= 15 is 0 Å². The molecule has 306 valence electrons. The van der Waals surface area contributed by atoms with Crippen LogP contribution in [0.3, 0.4) is 0 Å². The minimum atomic E-state index is -1.17. The van der Waals surface area contributed by atoms with Crippen LogP contribution in [0.2, 0.25) is 0 Å². The summed E-state index contributed by atoms with van der Waals surface area (Å²) in [5.41, 5.74) is 4.99. The first-order valence-corrected chi connectivity index (χ1v) is 19.4. The molecular weight excluding hydrogens is 690 g/mol. The number of esters is 1. The Bertz CT molecular complexity index is 1390. The van der Waals surface area contributed by atoms with Crippen molar-refractivity contribution in [3.8, 4) is 0 Å². The smallest absolute Gasteiger partial charge is 0.329 e. The van der Waals surface area contributed by atoms with E-state index in [4.69, 9.17) is 19.9 Å². The second kappa shape index (κ2) is 20.4. The van der Waals surface area contributed by atoms with E-state index in [9.17, 15) is 24.0 Å². The highest BCUT2D eigenvalue weighted by Gasteiger charge is 2.43. The Balaban J connectivity index is 2.30. The molecule has 1 aliphatic rings. The van der Waals surface area contributed by atoms with Crippen molar-refractivity contribution in [3.05, 3.63) is 35.9 Å². The minimum Gasteiger partial charge on any atom is -0.458 e. The van der Waals surface area contributed by atoms with Crippen molar-refractivity contribution >= 4 is 29.6 Å². The number of carbonyl (C=O) groups is 5. The molecule has 1 aliphatic heterocycles. The number of likely N-dealkylation sites (tertiary alicyclic amines) is 1. The number of rotatable bonds is 19. The van der Waals surface area contributed by atoms with E-state index in [0.717, 1.165) is 12.0 Å². The van der Waals surface area contributed by atoms with Crippen LogP contribution < -0.4 is 16.4 Å². The first-order valence-electron chi connectivity index (χ1n) is 19.4. The number of ether oxygens (including phenoxy) is 3. The monoisotopic (exact) mass is 760 g/mol. The Labute approximate surface area is 323 Å². The van der Waals surface area contributed by atoms with Crippen molar-refractivity contribution in [1.29, 1.82) is 0 Å². The first-order chi connectivity index (χ1) is 25.1. The number of hydrogen-bond acceptors (Lipinski definition) is 9. The number of likely N-dealkylation sites (N-methyl/N-ethyl adjacent to an activating group) is 1. The van der Waals surface area contributed by atoms with Gasteiger partial charge in [-0.05, 0) is 64.9 Å². The van der Waals surface area contributed by atoms with Crippen LogP contribution in [0.5, 0.6) is 0 Å². The molecule has 0 spiro atoms. The fraction of sp³-hybridized carbons (Fsp3) is 0.732. The highest BCUT2D eigenvalue weighted by Crippen LogP contribution is 2.30. The first kappa shape index (κ1) is 46.6. The van der Waals surface area contributed by atoms with E-state index in [0.29, 0.717) is 19.4 Å². The van der Waals surface area contributed by atoms with Crippen molar-refractivity contribution in [2.75, 3.05) is 27.8 Å². The third-order valence-electron chi connectivity index (χ3n) is 10.4. The van der Waals surface area contributed by atoms with Crippen molar-refractivity contribution < 1.29 is 38.2 Å². The number of amides is 4. The van der Waals surface area contributed by atoms with Gasteiger partial charge < -0.3 is 40.4 Å². The van der Waals surface area contributed by atoms with E-state index in [1.54, 1.807) is 58.4 Å². The molecule has 4 N–H and O–H groups in total. The summed E-state index contributed by atoms with van der Waals surface area (Å²) in [6.45, 7) is 18.5. The van der Waals surface area contributed by atoms with E-state index < -0.39 is 65.3 Å². The quantitative estimate of drug-likeness (QED) is 0.178. The molecule has 13 heteroatoms. The number of carbonyl (C=O) groups excluding carboxylic acids is 5. The normalized spacial score (nSPS) is 18.9. The fourth-order valence-corrected chi connectivity index (χ4v) is 7.09. The van der Waals surface area contributed by atoms with Gasteiger partial charge in [0.1, 0.15) is 17.7 Å². The zero-order valence-corrected chi connectivity index (χ0v) is 35.1. The Morgan fingerprint density at radius 2 is 1.57 bits per heavy atom. The predicted octanol–water partition coefficient (Wildman–Crippen LogP) is 3.85. The maximum atomic E-state index is 14.2. The number of nitrogens with zero attached hydrogens (tertiary/aromatic N) is 2. The molecule has 1 aromatic carbocycles. The molecule has 8 atom stereocenters. The SMILES string of the molecule is CCC(C)C(C(CC(=O)N1CCCC1C(OC)C(C)C(=O)NC(Cc1ccccc1)C(=O)OC(C)(C)C)OC)N(C)C(=O)C(NC(=O)C(C)(C)N)C(C)C. The molecule has 4 amide bonds. The second-order valence-electron chi connectivity index (χ2n) is 16.8. The van der Waals surface area contributed by atoms with Gasteiger partial charge in [0.05, 0.1) is 42.2 Å². The molecule has 8 unspecified atom stereocenters.